The zero-order chi connectivity index (χ0) is 10.1. The second-order valence-electron chi connectivity index (χ2n) is 3.08. The quantitative estimate of drug-likeness (QED) is 0.696. The van der Waals surface area contributed by atoms with E-state index in [0.717, 1.165) is 16.5 Å². The van der Waals surface area contributed by atoms with Crippen LogP contribution in [0.15, 0.2) is 18.3 Å². The summed E-state index contributed by atoms with van der Waals surface area (Å²) in [5, 5.41) is 7.65. The van der Waals surface area contributed by atoms with Crippen LogP contribution in [0.5, 0.6) is 0 Å². The lowest BCUT2D eigenvalue weighted by molar-refractivity contribution is 0.0603. The minimum atomic E-state index is -0.348. The summed E-state index contributed by atoms with van der Waals surface area (Å²) >= 11 is 0. The van der Waals surface area contributed by atoms with Gasteiger partial charge in [0, 0.05) is 5.39 Å². The van der Waals surface area contributed by atoms with Gasteiger partial charge in [-0.15, -0.1) is 0 Å². The van der Waals surface area contributed by atoms with Crippen molar-refractivity contribution >= 4 is 16.9 Å². The van der Waals surface area contributed by atoms with Crippen molar-refractivity contribution in [1.29, 1.82) is 0 Å². The highest BCUT2D eigenvalue weighted by Crippen LogP contribution is 2.20. The number of H-pyrrole nitrogens is 1. The molecule has 0 aliphatic rings. The standard InChI is InChI=1S/C10H10N2O2/c1-6-3-4-7(10(13)14-2)9-8(6)5-11-12-9/h3-5H,1-2H3,(H,11,12). The van der Waals surface area contributed by atoms with E-state index in [0.29, 0.717) is 5.56 Å². The molecule has 1 N–H and O–H groups in total. The molecule has 1 aromatic carbocycles. The van der Waals surface area contributed by atoms with Crippen molar-refractivity contribution in [3.8, 4) is 0 Å². The highest BCUT2D eigenvalue weighted by atomic mass is 16.5. The van der Waals surface area contributed by atoms with Gasteiger partial charge in [0.25, 0.3) is 0 Å². The first kappa shape index (κ1) is 8.74. The second kappa shape index (κ2) is 3.14. The fraction of sp³-hybridized carbons (Fsp3) is 0.200. The lowest BCUT2D eigenvalue weighted by Crippen LogP contribution is -2.02. The van der Waals surface area contributed by atoms with Crippen LogP contribution in [0, 0.1) is 6.92 Å². The third-order valence-electron chi connectivity index (χ3n) is 2.24. The third-order valence-corrected chi connectivity index (χ3v) is 2.24. The molecule has 4 heteroatoms. The van der Waals surface area contributed by atoms with Crippen molar-refractivity contribution in [1.82, 2.24) is 10.2 Å². The van der Waals surface area contributed by atoms with Gasteiger partial charge in [0.2, 0.25) is 0 Å². The maximum atomic E-state index is 11.4. The predicted octanol–water partition coefficient (Wildman–Crippen LogP) is 1.66. The van der Waals surface area contributed by atoms with E-state index < -0.39 is 0 Å². The van der Waals surface area contributed by atoms with E-state index in [1.165, 1.54) is 7.11 Å². The Morgan fingerprint density at radius 2 is 2.29 bits per heavy atom. The van der Waals surface area contributed by atoms with Crippen LogP contribution in [-0.2, 0) is 4.74 Å². The van der Waals surface area contributed by atoms with Crippen LogP contribution >= 0.6 is 0 Å². The average molecular weight is 190 g/mol. The van der Waals surface area contributed by atoms with Crippen LogP contribution in [-0.4, -0.2) is 23.3 Å². The average Bonchev–Trinajstić information content (AvgIpc) is 2.67. The molecule has 0 aliphatic heterocycles. The molecule has 0 fully saturated rings. The molecule has 1 aromatic heterocycles. The van der Waals surface area contributed by atoms with Gasteiger partial charge in [-0.2, -0.15) is 5.10 Å². The molecule has 2 rings (SSSR count). The number of aromatic nitrogens is 2. The van der Waals surface area contributed by atoms with E-state index in [1.54, 1.807) is 12.3 Å². The number of methoxy groups -OCH3 is 1. The van der Waals surface area contributed by atoms with Crippen molar-refractivity contribution in [2.24, 2.45) is 0 Å². The summed E-state index contributed by atoms with van der Waals surface area (Å²) in [5.41, 5.74) is 2.34. The molecule has 0 saturated carbocycles. The molecule has 1 heterocycles. The second-order valence-corrected chi connectivity index (χ2v) is 3.08. The van der Waals surface area contributed by atoms with Crippen molar-refractivity contribution in [3.63, 3.8) is 0 Å². The minimum Gasteiger partial charge on any atom is -0.465 e. The smallest absolute Gasteiger partial charge is 0.340 e. The Kier molecular flexibility index (Phi) is 1.96. The topological polar surface area (TPSA) is 55.0 Å². The lowest BCUT2D eigenvalue weighted by Gasteiger charge is -2.01. The summed E-state index contributed by atoms with van der Waals surface area (Å²) in [6, 6.07) is 3.62. The Balaban J connectivity index is 2.72. The highest BCUT2D eigenvalue weighted by Gasteiger charge is 2.12. The molecule has 14 heavy (non-hydrogen) atoms. The van der Waals surface area contributed by atoms with Crippen molar-refractivity contribution in [3.05, 3.63) is 29.5 Å². The van der Waals surface area contributed by atoms with Gasteiger partial charge in [0.05, 0.1) is 24.4 Å². The molecule has 0 saturated heterocycles. The van der Waals surface area contributed by atoms with E-state index in [4.69, 9.17) is 0 Å². The Bertz CT molecular complexity index is 488. The van der Waals surface area contributed by atoms with E-state index in [1.807, 2.05) is 13.0 Å². The number of esters is 1. The predicted molar refractivity (Wildman–Crippen MR) is 52.2 cm³/mol. The fourth-order valence-electron chi connectivity index (χ4n) is 1.45. The molecule has 2 aromatic rings. The third kappa shape index (κ3) is 1.16. The molecule has 0 unspecified atom stereocenters. The molecular formula is C10H10N2O2. The lowest BCUT2D eigenvalue weighted by atomic mass is 10.1. The maximum Gasteiger partial charge on any atom is 0.340 e. The molecule has 0 atom stereocenters. The normalized spacial score (nSPS) is 10.4. The van der Waals surface area contributed by atoms with Gasteiger partial charge in [-0.3, -0.25) is 5.10 Å². The Labute approximate surface area is 80.9 Å². The number of carbonyl (C=O) groups excluding carboxylic acids is 1. The summed E-state index contributed by atoms with van der Waals surface area (Å²) in [6.45, 7) is 1.97. The number of carbonyl (C=O) groups is 1. The summed E-state index contributed by atoms with van der Waals surface area (Å²) in [5.74, 6) is -0.348. The van der Waals surface area contributed by atoms with Gasteiger partial charge in [0.15, 0.2) is 0 Å². The van der Waals surface area contributed by atoms with E-state index in [2.05, 4.69) is 14.9 Å². The number of hydrogen-bond donors (Lipinski definition) is 1. The number of rotatable bonds is 1. The van der Waals surface area contributed by atoms with Gasteiger partial charge in [0.1, 0.15) is 0 Å². The molecule has 0 aliphatic carbocycles. The van der Waals surface area contributed by atoms with Crippen LogP contribution in [0.1, 0.15) is 15.9 Å². The number of benzene rings is 1. The van der Waals surface area contributed by atoms with Crippen LogP contribution in [0.3, 0.4) is 0 Å². The van der Waals surface area contributed by atoms with Crippen molar-refractivity contribution in [2.75, 3.05) is 7.11 Å². The first-order chi connectivity index (χ1) is 6.74. The molecule has 0 amide bonds. The van der Waals surface area contributed by atoms with Gasteiger partial charge >= 0.3 is 5.97 Å². The van der Waals surface area contributed by atoms with E-state index >= 15 is 0 Å². The number of fused-ring (bicyclic) bond motifs is 1. The van der Waals surface area contributed by atoms with Crippen molar-refractivity contribution < 1.29 is 9.53 Å². The number of aromatic amines is 1. The maximum absolute atomic E-state index is 11.4. The number of nitrogens with one attached hydrogen (secondary N) is 1. The highest BCUT2D eigenvalue weighted by molar-refractivity contribution is 6.03. The van der Waals surface area contributed by atoms with Gasteiger partial charge in [-0.25, -0.2) is 4.79 Å². The molecule has 0 spiro atoms. The van der Waals surface area contributed by atoms with Gasteiger partial charge in [-0.05, 0) is 18.6 Å². The number of aryl methyl sites for hydroxylation is 1. The number of ether oxygens (including phenoxy) is 1. The summed E-state index contributed by atoms with van der Waals surface area (Å²) in [6.07, 6.45) is 1.71. The van der Waals surface area contributed by atoms with Crippen molar-refractivity contribution in [2.45, 2.75) is 6.92 Å². The Morgan fingerprint density at radius 1 is 1.50 bits per heavy atom. The van der Waals surface area contributed by atoms with Crippen LogP contribution in [0.25, 0.3) is 10.9 Å². The van der Waals surface area contributed by atoms with Gasteiger partial charge < -0.3 is 4.74 Å². The molecule has 0 bridgehead atoms. The summed E-state index contributed by atoms with van der Waals surface area (Å²) < 4.78 is 4.67. The van der Waals surface area contributed by atoms with E-state index in [9.17, 15) is 4.79 Å². The Morgan fingerprint density at radius 3 is 3.00 bits per heavy atom. The summed E-state index contributed by atoms with van der Waals surface area (Å²) in [7, 11) is 1.37. The SMILES string of the molecule is COC(=O)c1ccc(C)c2cn[nH]c12. The molecule has 4 nitrogen and oxygen atoms in total. The molecule has 0 radical (unpaired) electrons. The largest absolute Gasteiger partial charge is 0.465 e. The first-order valence-electron chi connectivity index (χ1n) is 4.25. The molecule has 72 valence electrons. The van der Waals surface area contributed by atoms with Crippen LogP contribution in [0.2, 0.25) is 0 Å². The number of hydrogen-bond acceptors (Lipinski definition) is 3. The van der Waals surface area contributed by atoms with E-state index in [-0.39, 0.29) is 5.97 Å². The minimum absolute atomic E-state index is 0.348. The van der Waals surface area contributed by atoms with Crippen LogP contribution < -0.4 is 0 Å². The monoisotopic (exact) mass is 190 g/mol. The first-order valence-corrected chi connectivity index (χ1v) is 4.25. The number of nitrogens with zero attached hydrogens (tertiary/aromatic N) is 1. The zero-order valence-corrected chi connectivity index (χ0v) is 8.00. The summed E-state index contributed by atoms with van der Waals surface area (Å²) in [4.78, 5) is 11.4. The molecular weight excluding hydrogens is 180 g/mol. The van der Waals surface area contributed by atoms with Gasteiger partial charge in [-0.1, -0.05) is 6.07 Å². The van der Waals surface area contributed by atoms with Crippen LogP contribution in [0.4, 0.5) is 0 Å². The fourth-order valence-corrected chi connectivity index (χ4v) is 1.45. The zero-order valence-electron chi connectivity index (χ0n) is 8.00. The Hall–Kier alpha value is -1.84.